The minimum atomic E-state index is -5.10. The van der Waals surface area contributed by atoms with Crippen LogP contribution in [0.15, 0.2) is 53.4 Å². The summed E-state index contributed by atoms with van der Waals surface area (Å²) in [6.07, 6.45) is -2.90. The lowest BCUT2D eigenvalue weighted by Crippen LogP contribution is -2.50. The van der Waals surface area contributed by atoms with Crippen molar-refractivity contribution in [2.45, 2.75) is 54.3 Å². The number of nitrogens with zero attached hydrogens (tertiary/aromatic N) is 1. The third kappa shape index (κ3) is 6.76. The first kappa shape index (κ1) is 33.0. The van der Waals surface area contributed by atoms with Crippen LogP contribution in [0.4, 0.5) is 23.2 Å². The summed E-state index contributed by atoms with van der Waals surface area (Å²) in [6.45, 7) is 3.20. The fourth-order valence-electron chi connectivity index (χ4n) is 5.17. The Hall–Kier alpha value is -3.88. The van der Waals surface area contributed by atoms with Gasteiger partial charge in [0.1, 0.15) is 22.8 Å². The van der Waals surface area contributed by atoms with Crippen LogP contribution < -0.4 is 26.8 Å². The topological polar surface area (TPSA) is 153 Å². The third-order valence-corrected chi connectivity index (χ3v) is 8.69. The number of hydrogen-bond donors (Lipinski definition) is 5. The van der Waals surface area contributed by atoms with Crippen LogP contribution in [-0.2, 0) is 20.6 Å². The van der Waals surface area contributed by atoms with Crippen molar-refractivity contribution in [3.63, 3.8) is 0 Å². The van der Waals surface area contributed by atoms with Gasteiger partial charge in [0, 0.05) is 27.1 Å². The van der Waals surface area contributed by atoms with Crippen LogP contribution in [0.3, 0.4) is 0 Å². The molecule has 2 amide bonds. The maximum absolute atomic E-state index is 13.9. The van der Waals surface area contributed by atoms with Gasteiger partial charge in [0.25, 0.3) is 0 Å². The summed E-state index contributed by atoms with van der Waals surface area (Å²) in [5.74, 6) is 0.0899. The monoisotopic (exact) mass is 635 g/mol. The molecule has 3 aromatic rings. The summed E-state index contributed by atoms with van der Waals surface area (Å²) in [6, 6.07) is 12.7. The zero-order chi connectivity index (χ0) is 32.3. The van der Waals surface area contributed by atoms with Gasteiger partial charge in [0.2, 0.25) is 18.4 Å². The molecule has 9 nitrogen and oxygen atoms in total. The van der Waals surface area contributed by atoms with Crippen molar-refractivity contribution < 1.29 is 37.0 Å². The highest BCUT2D eigenvalue weighted by molar-refractivity contribution is 8.00. The summed E-state index contributed by atoms with van der Waals surface area (Å²) < 4.78 is 60.9. The molecule has 1 unspecified atom stereocenters. The first-order valence-electron chi connectivity index (χ1n) is 13.6. The number of ether oxygens (including phenoxy) is 1. The summed E-state index contributed by atoms with van der Waals surface area (Å²) in [5, 5.41) is 15.7. The molecule has 1 fully saturated rings. The number of thioether (sulfide) groups is 1. The quantitative estimate of drug-likeness (QED) is 0.199. The Morgan fingerprint density at radius 1 is 1.18 bits per heavy atom. The molecule has 44 heavy (non-hydrogen) atoms. The van der Waals surface area contributed by atoms with Crippen molar-refractivity contribution in [1.29, 1.82) is 0 Å². The van der Waals surface area contributed by atoms with Crippen LogP contribution >= 0.6 is 11.8 Å². The number of amides is 2. The first-order chi connectivity index (χ1) is 20.8. The summed E-state index contributed by atoms with van der Waals surface area (Å²) in [5.41, 5.74) is 8.77. The molecule has 236 valence electrons. The highest BCUT2D eigenvalue weighted by Crippen LogP contribution is 2.55. The van der Waals surface area contributed by atoms with Gasteiger partial charge in [-0.1, -0.05) is 24.8 Å². The van der Waals surface area contributed by atoms with Crippen molar-refractivity contribution in [3.8, 4) is 17.0 Å². The average molecular weight is 636 g/mol. The number of aromatic nitrogens is 1. The lowest BCUT2D eigenvalue weighted by Gasteiger charge is -2.31. The number of pyridine rings is 1. The molecule has 0 bridgehead atoms. The number of nitrogens with two attached hydrogens (primary N) is 2. The molecule has 3 heterocycles. The number of primary amides is 1. The minimum Gasteiger partial charge on any atom is -0.490 e. The van der Waals surface area contributed by atoms with E-state index in [2.05, 4.69) is 41.2 Å². The van der Waals surface area contributed by atoms with Crippen LogP contribution in [0.25, 0.3) is 11.3 Å². The molecular weight excluding hydrogens is 602 g/mol. The molecule has 7 N–H and O–H groups in total. The van der Waals surface area contributed by atoms with E-state index in [-0.39, 0.29) is 36.5 Å². The Morgan fingerprint density at radius 2 is 1.84 bits per heavy atom. The normalized spacial score (nSPS) is 21.0. The van der Waals surface area contributed by atoms with Crippen LogP contribution in [0, 0.1) is 18.7 Å². The van der Waals surface area contributed by atoms with Crippen molar-refractivity contribution in [3.05, 3.63) is 71.2 Å². The van der Waals surface area contributed by atoms with Gasteiger partial charge in [-0.25, -0.2) is 9.37 Å². The van der Waals surface area contributed by atoms with Crippen molar-refractivity contribution in [2.24, 2.45) is 17.4 Å². The van der Waals surface area contributed by atoms with E-state index in [4.69, 9.17) is 15.3 Å². The smallest absolute Gasteiger partial charge is 0.424 e. The van der Waals surface area contributed by atoms with Crippen molar-refractivity contribution in [2.75, 3.05) is 18.5 Å². The van der Waals surface area contributed by atoms with Gasteiger partial charge >= 0.3 is 6.18 Å². The summed E-state index contributed by atoms with van der Waals surface area (Å²) in [4.78, 5) is 24.6. The van der Waals surface area contributed by atoms with Crippen LogP contribution in [0.2, 0.25) is 0 Å². The van der Waals surface area contributed by atoms with Crippen molar-refractivity contribution in [1.82, 2.24) is 10.3 Å². The van der Waals surface area contributed by atoms with E-state index in [0.29, 0.717) is 16.9 Å². The Bertz CT molecular complexity index is 1510. The molecule has 0 spiro atoms. The van der Waals surface area contributed by atoms with Crippen LogP contribution in [-0.4, -0.2) is 47.7 Å². The molecule has 6 rings (SSSR count). The molecule has 14 heteroatoms. The number of fused-ring (bicyclic) bond motifs is 2. The molecule has 2 aliphatic heterocycles. The third-order valence-electron chi connectivity index (χ3n) is 7.72. The molecule has 0 radical (unpaired) electrons. The highest BCUT2D eigenvalue weighted by Gasteiger charge is 2.58. The molecule has 1 aromatic heterocycles. The van der Waals surface area contributed by atoms with Gasteiger partial charge in [0.15, 0.2) is 0 Å². The molecule has 3 atom stereocenters. The number of carbonyl (C=O) groups is 2. The number of hydrogen-bond acceptors (Lipinski definition) is 8. The predicted octanol–water partition coefficient (Wildman–Crippen LogP) is 4.30. The Labute approximate surface area is 255 Å². The fraction of sp³-hybridized carbons (Fsp3) is 0.367. The number of nitrogens with one attached hydrogen (secondary N) is 2. The van der Waals surface area contributed by atoms with E-state index in [0.717, 1.165) is 18.5 Å². The molecule has 1 saturated carbocycles. The van der Waals surface area contributed by atoms with Crippen molar-refractivity contribution >= 4 is 30.3 Å². The van der Waals surface area contributed by atoms with Gasteiger partial charge in [0.05, 0.1) is 18.8 Å². The zero-order valence-corrected chi connectivity index (χ0v) is 24.8. The standard InChI is InChI=1S/C21H20F4N2O3.C8H10N2S.CH3NO/c1-19(13-4-5-13)10-30-18-15(19)8-16(20(29,9-26-11-28)21(23,24)25)27-17(18)12-2-6-14(22)7-3-12;1-5-2-3-6-7(4-5)11-8(9)10-6;2-1-3/h2-3,6-8,11,13,29H,4-5,9-10H2,1H3,(H,26,28);2-4,8,10H,9H2,1H3;1H,(H2,2,3)/t19-,20-;;/m0../s1. The molecule has 0 saturated heterocycles. The number of alkyl halides is 3. The van der Waals surface area contributed by atoms with Crippen LogP contribution in [0.1, 0.15) is 36.6 Å². The zero-order valence-electron chi connectivity index (χ0n) is 24.0. The van der Waals surface area contributed by atoms with Crippen LogP contribution in [0.5, 0.6) is 5.75 Å². The SMILES string of the molecule is C[C@@]1(C2CC2)COc2c1cc([C@@](O)(CNC=O)C(F)(F)F)nc2-c1ccc(F)cc1.Cc1ccc2c(c1)SC(N)N2.NC=O. The number of rotatable bonds is 6. The predicted molar refractivity (Wildman–Crippen MR) is 158 cm³/mol. The van der Waals surface area contributed by atoms with E-state index >= 15 is 0 Å². The average Bonchev–Trinajstić information content (AvgIpc) is 3.69. The molecular formula is C30H33F4N5O4S. The Balaban J connectivity index is 0.000000260. The Morgan fingerprint density at radius 3 is 2.43 bits per heavy atom. The maximum atomic E-state index is 13.9. The minimum absolute atomic E-state index is 0.0341. The second-order valence-corrected chi connectivity index (χ2v) is 12.1. The molecule has 1 aliphatic carbocycles. The van der Waals surface area contributed by atoms with E-state index in [9.17, 15) is 27.5 Å². The number of aliphatic hydroxyl groups is 1. The van der Waals surface area contributed by atoms with E-state index < -0.39 is 35.2 Å². The van der Waals surface area contributed by atoms with E-state index in [1.807, 2.05) is 12.2 Å². The molecule has 2 aromatic carbocycles. The first-order valence-corrected chi connectivity index (χ1v) is 14.5. The second kappa shape index (κ2) is 13.0. The van der Waals surface area contributed by atoms with Gasteiger partial charge < -0.3 is 31.9 Å². The number of benzene rings is 2. The van der Waals surface area contributed by atoms with Gasteiger partial charge in [-0.05, 0) is 73.7 Å². The summed E-state index contributed by atoms with van der Waals surface area (Å²) >= 11 is 1.67. The van der Waals surface area contributed by atoms with E-state index in [1.54, 1.807) is 11.8 Å². The fourth-order valence-corrected chi connectivity index (χ4v) is 6.14. The number of aryl methyl sites for hydroxylation is 1. The summed E-state index contributed by atoms with van der Waals surface area (Å²) in [7, 11) is 0. The lowest BCUT2D eigenvalue weighted by molar-refractivity contribution is -0.265. The van der Waals surface area contributed by atoms with Gasteiger partial charge in [-0.3, -0.25) is 9.59 Å². The lowest BCUT2D eigenvalue weighted by atomic mass is 9.78. The Kier molecular flexibility index (Phi) is 9.76. The number of halogens is 4. The maximum Gasteiger partial charge on any atom is 0.424 e. The highest BCUT2D eigenvalue weighted by atomic mass is 32.2. The molecule has 3 aliphatic rings. The van der Waals surface area contributed by atoms with Gasteiger partial charge in [-0.15, -0.1) is 0 Å². The largest absolute Gasteiger partial charge is 0.490 e. The van der Waals surface area contributed by atoms with E-state index in [1.165, 1.54) is 40.8 Å². The van der Waals surface area contributed by atoms with Gasteiger partial charge in [-0.2, -0.15) is 13.2 Å². The number of carbonyl (C=O) groups excluding carboxylic acids is 2. The second-order valence-electron chi connectivity index (χ2n) is 10.9. The number of anilines is 1.